The van der Waals surface area contributed by atoms with Crippen LogP contribution in [0.2, 0.25) is 0 Å². The number of hydrogen-bond donors (Lipinski definition) is 2. The van der Waals surface area contributed by atoms with E-state index in [0.29, 0.717) is 32.6 Å². The second-order valence-electron chi connectivity index (χ2n) is 3.94. The predicted octanol–water partition coefficient (Wildman–Crippen LogP) is 0.200. The Morgan fingerprint density at radius 1 is 1.29 bits per heavy atom. The van der Waals surface area contributed by atoms with E-state index in [1.54, 1.807) is 11.8 Å². The molecule has 0 amide bonds. The summed E-state index contributed by atoms with van der Waals surface area (Å²) in [4.78, 5) is 0. The van der Waals surface area contributed by atoms with Gasteiger partial charge in [-0.05, 0) is 25.0 Å². The first-order valence-corrected chi connectivity index (χ1v) is 8.62. The van der Waals surface area contributed by atoms with Gasteiger partial charge in [0.2, 0.25) is 10.0 Å². The van der Waals surface area contributed by atoms with Gasteiger partial charge in [0, 0.05) is 32.1 Å². The van der Waals surface area contributed by atoms with E-state index >= 15 is 0 Å². The molecule has 0 spiro atoms. The lowest BCUT2D eigenvalue weighted by Gasteiger charge is -2.22. The zero-order chi connectivity index (χ0) is 12.6. The number of hydrogen-bond acceptors (Lipinski definition) is 5. The summed E-state index contributed by atoms with van der Waals surface area (Å²) < 4.78 is 31.5. The van der Waals surface area contributed by atoms with Crippen molar-refractivity contribution in [3.05, 3.63) is 0 Å². The molecule has 0 unspecified atom stereocenters. The fraction of sp³-hybridized carbons (Fsp3) is 1.00. The van der Waals surface area contributed by atoms with Crippen LogP contribution in [-0.2, 0) is 14.8 Å². The first-order chi connectivity index (χ1) is 8.17. The number of aliphatic hydroxyl groups excluding tert-OH is 1. The van der Waals surface area contributed by atoms with E-state index in [1.807, 2.05) is 0 Å². The van der Waals surface area contributed by atoms with Crippen LogP contribution in [0.4, 0.5) is 0 Å². The second-order valence-corrected chi connectivity index (χ2v) is 7.21. The fourth-order valence-electron chi connectivity index (χ4n) is 1.63. The molecule has 1 aliphatic heterocycles. The van der Waals surface area contributed by atoms with Gasteiger partial charge in [-0.25, -0.2) is 13.1 Å². The summed E-state index contributed by atoms with van der Waals surface area (Å²) in [6.45, 7) is 1.74. The maximum atomic E-state index is 11.9. The number of nitrogens with one attached hydrogen (secondary N) is 1. The molecule has 102 valence electrons. The van der Waals surface area contributed by atoms with Gasteiger partial charge in [-0.1, -0.05) is 0 Å². The Morgan fingerprint density at radius 2 is 2.00 bits per heavy atom. The molecule has 0 saturated carbocycles. The van der Waals surface area contributed by atoms with Crippen molar-refractivity contribution in [2.24, 2.45) is 0 Å². The van der Waals surface area contributed by atoms with Crippen molar-refractivity contribution >= 4 is 21.8 Å². The molecule has 2 N–H and O–H groups in total. The Hall–Kier alpha value is 0.180. The highest BCUT2D eigenvalue weighted by Crippen LogP contribution is 2.14. The van der Waals surface area contributed by atoms with Crippen molar-refractivity contribution in [1.29, 1.82) is 0 Å². The van der Waals surface area contributed by atoms with Crippen molar-refractivity contribution in [1.82, 2.24) is 4.72 Å². The number of aliphatic hydroxyl groups is 1. The van der Waals surface area contributed by atoms with Crippen molar-refractivity contribution in [2.75, 3.05) is 37.9 Å². The van der Waals surface area contributed by atoms with Crippen LogP contribution in [0.1, 0.15) is 19.3 Å². The topological polar surface area (TPSA) is 75.6 Å². The van der Waals surface area contributed by atoms with E-state index in [0.717, 1.165) is 17.9 Å². The minimum absolute atomic E-state index is 0.195. The maximum absolute atomic E-state index is 11.9. The molecule has 1 rings (SSSR count). The number of ether oxygens (including phenoxy) is 1. The van der Waals surface area contributed by atoms with E-state index < -0.39 is 10.0 Å². The van der Waals surface area contributed by atoms with Crippen LogP contribution in [0.3, 0.4) is 0 Å². The van der Waals surface area contributed by atoms with E-state index in [-0.39, 0.29) is 11.9 Å². The van der Waals surface area contributed by atoms with E-state index in [9.17, 15) is 8.42 Å². The maximum Gasteiger partial charge on any atom is 0.214 e. The Morgan fingerprint density at radius 3 is 2.65 bits per heavy atom. The minimum atomic E-state index is -3.17. The third-order valence-electron chi connectivity index (χ3n) is 2.60. The average molecular weight is 283 g/mol. The summed E-state index contributed by atoms with van der Waals surface area (Å²) in [5.74, 6) is 1.62. The van der Waals surface area contributed by atoms with Gasteiger partial charge in [0.15, 0.2) is 0 Å². The summed E-state index contributed by atoms with van der Waals surface area (Å²) in [6.07, 6.45) is 1.94. The summed E-state index contributed by atoms with van der Waals surface area (Å²) in [5, 5.41) is 8.29. The molecule has 0 bridgehead atoms. The highest BCUT2D eigenvalue weighted by Gasteiger charge is 2.26. The quantitative estimate of drug-likeness (QED) is 0.622. The molecule has 17 heavy (non-hydrogen) atoms. The minimum Gasteiger partial charge on any atom is -0.396 e. The van der Waals surface area contributed by atoms with Gasteiger partial charge in [0.05, 0.1) is 5.25 Å². The van der Waals surface area contributed by atoms with Gasteiger partial charge in [-0.2, -0.15) is 11.8 Å². The van der Waals surface area contributed by atoms with Crippen molar-refractivity contribution < 1.29 is 18.3 Å². The zero-order valence-corrected chi connectivity index (χ0v) is 11.6. The van der Waals surface area contributed by atoms with Crippen LogP contribution in [-0.4, -0.2) is 56.6 Å². The zero-order valence-electron chi connectivity index (χ0n) is 9.93. The monoisotopic (exact) mass is 283 g/mol. The standard InChI is InChI=1S/C10H21NO4S2/c12-5-1-8-16-9-4-11-17(13,14)10-2-6-15-7-3-10/h10-12H,1-9H2. The second kappa shape index (κ2) is 8.31. The molecule has 0 atom stereocenters. The third-order valence-corrected chi connectivity index (χ3v) is 5.63. The lowest BCUT2D eigenvalue weighted by atomic mass is 10.2. The van der Waals surface area contributed by atoms with Gasteiger partial charge in [0.1, 0.15) is 0 Å². The molecule has 0 radical (unpaired) electrons. The van der Waals surface area contributed by atoms with E-state index in [1.165, 1.54) is 0 Å². The first kappa shape index (κ1) is 15.2. The summed E-state index contributed by atoms with van der Waals surface area (Å²) in [7, 11) is -3.17. The summed E-state index contributed by atoms with van der Waals surface area (Å²) in [5.41, 5.74) is 0. The number of thioether (sulfide) groups is 1. The van der Waals surface area contributed by atoms with Crippen molar-refractivity contribution in [3.8, 4) is 0 Å². The van der Waals surface area contributed by atoms with Gasteiger partial charge in [-0.3, -0.25) is 0 Å². The number of rotatable bonds is 8. The lowest BCUT2D eigenvalue weighted by Crippen LogP contribution is -2.38. The normalized spacial score (nSPS) is 18.4. The van der Waals surface area contributed by atoms with E-state index in [4.69, 9.17) is 9.84 Å². The molecule has 0 aromatic carbocycles. The summed E-state index contributed by atoms with van der Waals surface area (Å²) in [6, 6.07) is 0. The Balaban J connectivity index is 2.15. The van der Waals surface area contributed by atoms with Gasteiger partial charge in [-0.15, -0.1) is 0 Å². The van der Waals surface area contributed by atoms with Crippen LogP contribution < -0.4 is 4.72 Å². The lowest BCUT2D eigenvalue weighted by molar-refractivity contribution is 0.0981. The van der Waals surface area contributed by atoms with E-state index in [2.05, 4.69) is 4.72 Å². The van der Waals surface area contributed by atoms with Crippen molar-refractivity contribution in [2.45, 2.75) is 24.5 Å². The molecule has 0 aromatic rings. The summed E-state index contributed by atoms with van der Waals surface area (Å²) >= 11 is 1.65. The highest BCUT2D eigenvalue weighted by molar-refractivity contribution is 7.99. The Labute approximate surface area is 107 Å². The molecule has 0 aromatic heterocycles. The van der Waals surface area contributed by atoms with Gasteiger partial charge < -0.3 is 9.84 Å². The fourth-order valence-corrected chi connectivity index (χ4v) is 3.98. The molecule has 1 fully saturated rings. The Bertz CT molecular complexity index is 289. The van der Waals surface area contributed by atoms with Crippen molar-refractivity contribution in [3.63, 3.8) is 0 Å². The molecule has 1 saturated heterocycles. The molecular weight excluding hydrogens is 262 g/mol. The molecule has 0 aliphatic carbocycles. The van der Waals surface area contributed by atoms with Crippen LogP contribution in [0.5, 0.6) is 0 Å². The molecule has 1 heterocycles. The molecule has 1 aliphatic rings. The number of sulfonamides is 1. The third kappa shape index (κ3) is 6.05. The average Bonchev–Trinajstić information content (AvgIpc) is 2.35. The highest BCUT2D eigenvalue weighted by atomic mass is 32.2. The molecule has 5 nitrogen and oxygen atoms in total. The van der Waals surface area contributed by atoms with Gasteiger partial charge >= 0.3 is 0 Å². The SMILES string of the molecule is O=S(=O)(NCCSCCCO)C1CCOCC1. The Kier molecular flexibility index (Phi) is 7.45. The van der Waals surface area contributed by atoms with Crippen LogP contribution >= 0.6 is 11.8 Å². The van der Waals surface area contributed by atoms with Crippen LogP contribution in [0.15, 0.2) is 0 Å². The van der Waals surface area contributed by atoms with Crippen LogP contribution in [0.25, 0.3) is 0 Å². The molecular formula is C10H21NO4S2. The predicted molar refractivity (Wildman–Crippen MR) is 69.8 cm³/mol. The van der Waals surface area contributed by atoms with Crippen LogP contribution in [0, 0.1) is 0 Å². The molecule has 7 heteroatoms. The smallest absolute Gasteiger partial charge is 0.214 e. The largest absolute Gasteiger partial charge is 0.396 e. The first-order valence-electron chi connectivity index (χ1n) is 5.91. The van der Waals surface area contributed by atoms with Gasteiger partial charge in [0.25, 0.3) is 0 Å².